The maximum absolute atomic E-state index is 11.7. The number of carbonyl (C=O) groups is 8. The molecule has 0 aromatic heterocycles. The molecule has 4 atom stereocenters. The Kier molecular flexibility index (Phi) is 30.3. The number of hydrogen-bond acceptors (Lipinski definition) is 17. The number of nitrogens with one attached hydrogen (secondary N) is 5. The van der Waals surface area contributed by atoms with Crippen LogP contribution < -0.4 is 43.8 Å². The van der Waals surface area contributed by atoms with E-state index in [4.69, 9.17) is 21.3 Å². The quantitative estimate of drug-likeness (QED) is 0.0317. The Morgan fingerprint density at radius 2 is 1.37 bits per heavy atom. The lowest BCUT2D eigenvalue weighted by Crippen LogP contribution is -2.63. The first-order valence-electron chi connectivity index (χ1n) is 15.1. The number of carboxylic acid groups (broad SMARTS) is 1. The molecular formula is C30H54N8O10P2S2. The highest BCUT2D eigenvalue weighted by Gasteiger charge is 2.43. The number of nitrogens with two attached hydrogens (primary N) is 3. The lowest BCUT2D eigenvalue weighted by Gasteiger charge is -2.26. The lowest BCUT2D eigenvalue weighted by atomic mass is 9.91. The number of carbonyl (C=O) groups excluding carboxylic acids is 7. The standard InChI is InChI=1S/C11H17NO3.C7H12N2O2.C6H10N2O2.C5H10N2O3.CH5N.P2S2/c1-5-7-11(12-4,9(3)13)10(14)15-8-6-2;1-5(10)7(8-2)3-6(11)9-4-7;1-4(9)6(7)2-5(10)8-3-6;1-3(8)5(6,7-2)4(9)10;1-2;3-1-2-4/h5-6,12H,1-2,7-8H2,3-4H3;8H,3-4H2,1-2H3,(H,9,11);2-3,7H2,1H3,(H,8,10);7H,6H2,1-2H3,(H,9,10);2H2,1H3;. The van der Waals surface area contributed by atoms with Gasteiger partial charge in [-0.3, -0.25) is 45.1 Å². The first-order valence-corrected chi connectivity index (χ1v) is 19.7. The minimum absolute atomic E-state index is 0.0124. The fourth-order valence-electron chi connectivity index (χ4n) is 3.83. The van der Waals surface area contributed by atoms with Crippen LogP contribution in [0.4, 0.5) is 0 Å². The Morgan fingerprint density at radius 3 is 1.54 bits per heavy atom. The van der Waals surface area contributed by atoms with Crippen LogP contribution in [0.1, 0.15) is 47.0 Å². The highest BCUT2D eigenvalue weighted by atomic mass is 32.7. The molecule has 296 valence electrons. The minimum atomic E-state index is -1.93. The number of aliphatic carboxylic acids is 1. The molecule has 22 heteroatoms. The van der Waals surface area contributed by atoms with Crippen LogP contribution in [0.15, 0.2) is 25.3 Å². The van der Waals surface area contributed by atoms with Gasteiger partial charge in [-0.05, 0) is 79.5 Å². The molecule has 2 aliphatic rings. The molecule has 2 saturated heterocycles. The first kappa shape index (κ1) is 55.6. The van der Waals surface area contributed by atoms with Gasteiger partial charge in [-0.2, -0.15) is 0 Å². The van der Waals surface area contributed by atoms with Gasteiger partial charge in [0.1, 0.15) is 17.7 Å². The summed E-state index contributed by atoms with van der Waals surface area (Å²) in [6, 6.07) is 0. The zero-order valence-electron chi connectivity index (χ0n) is 30.9. The van der Waals surface area contributed by atoms with Crippen LogP contribution in [-0.4, -0.2) is 122 Å². The summed E-state index contributed by atoms with van der Waals surface area (Å²) in [7, 11) is 7.79. The highest BCUT2D eigenvalue weighted by Crippen LogP contribution is 2.16. The second-order valence-corrected chi connectivity index (χ2v) is 14.9. The summed E-state index contributed by atoms with van der Waals surface area (Å²) in [5.41, 5.74) is 10.4. The lowest BCUT2D eigenvalue weighted by molar-refractivity contribution is -0.154. The van der Waals surface area contributed by atoms with Crippen molar-refractivity contribution in [3.8, 4) is 0 Å². The molecule has 0 aliphatic carbocycles. The molecule has 12 N–H and O–H groups in total. The molecule has 2 aliphatic heterocycles. The fourth-order valence-corrected chi connectivity index (χ4v) is 3.83. The number of Topliss-reactive ketones (excluding diaryl/α,β-unsaturated/α-hetero) is 4. The van der Waals surface area contributed by atoms with Gasteiger partial charge in [-0.25, -0.2) is 9.59 Å². The van der Waals surface area contributed by atoms with Crippen LogP contribution >= 0.6 is 14.1 Å². The van der Waals surface area contributed by atoms with E-state index in [0.29, 0.717) is 6.54 Å². The Hall–Kier alpha value is -3.16. The Morgan fingerprint density at radius 1 is 0.885 bits per heavy atom. The predicted octanol–water partition coefficient (Wildman–Crippen LogP) is -1.49. The van der Waals surface area contributed by atoms with Gasteiger partial charge in [-0.1, -0.05) is 18.7 Å². The van der Waals surface area contributed by atoms with E-state index in [0.717, 1.165) is 21.0 Å². The van der Waals surface area contributed by atoms with E-state index in [2.05, 4.69) is 69.1 Å². The fraction of sp³-hybridized carbons (Fsp3) is 0.600. The van der Waals surface area contributed by atoms with Gasteiger partial charge in [-0.15, -0.1) is 6.58 Å². The zero-order chi connectivity index (χ0) is 41.9. The van der Waals surface area contributed by atoms with Crippen molar-refractivity contribution in [1.82, 2.24) is 26.6 Å². The van der Waals surface area contributed by atoms with Crippen LogP contribution in [0.5, 0.6) is 0 Å². The maximum Gasteiger partial charge on any atom is 0.346 e. The topological polar surface area (TPSA) is 304 Å². The van der Waals surface area contributed by atoms with Crippen LogP contribution in [0.3, 0.4) is 0 Å². The van der Waals surface area contributed by atoms with Gasteiger partial charge < -0.3 is 37.3 Å². The SMILES string of the molecule is C=CCOC(=O)C(CC=C)(NC)C(C)=O.CC(=O)C1(N)CNC(=O)C1.CN.CNC(N)(C(C)=O)C(=O)O.CNC1(C(C)=O)CNC(=O)C1.S=PP=S. The molecule has 4 unspecified atom stereocenters. The van der Waals surface area contributed by atoms with Crippen molar-refractivity contribution in [2.24, 2.45) is 17.2 Å². The number of rotatable bonds is 14. The smallest absolute Gasteiger partial charge is 0.346 e. The Labute approximate surface area is 318 Å². The number of ether oxygens (including phenoxy) is 1. The normalized spacial score (nSPS) is 20.4. The minimum Gasteiger partial charge on any atom is -0.479 e. The Bertz CT molecular complexity index is 1290. The average Bonchev–Trinajstić information content (AvgIpc) is 3.69. The van der Waals surface area contributed by atoms with Crippen LogP contribution in [0.2, 0.25) is 0 Å². The monoisotopic (exact) mass is 812 g/mol. The van der Waals surface area contributed by atoms with Crippen molar-refractivity contribution >= 4 is 84.6 Å². The summed E-state index contributed by atoms with van der Waals surface area (Å²) in [4.78, 5) is 87.3. The molecule has 52 heavy (non-hydrogen) atoms. The van der Waals surface area contributed by atoms with Gasteiger partial charge in [0, 0.05) is 33.6 Å². The molecule has 0 bridgehead atoms. The second kappa shape index (κ2) is 28.4. The van der Waals surface area contributed by atoms with Gasteiger partial charge in [0.15, 0.2) is 28.7 Å². The maximum atomic E-state index is 11.7. The van der Waals surface area contributed by atoms with Crippen LogP contribution in [0, 0.1) is 0 Å². The molecule has 18 nitrogen and oxygen atoms in total. The third-order valence-electron chi connectivity index (χ3n) is 7.46. The molecular weight excluding hydrogens is 758 g/mol. The van der Waals surface area contributed by atoms with Crippen molar-refractivity contribution in [1.29, 1.82) is 0 Å². The summed E-state index contributed by atoms with van der Waals surface area (Å²) in [6.45, 7) is 13.1. The predicted molar refractivity (Wildman–Crippen MR) is 207 cm³/mol. The molecule has 2 heterocycles. The number of amides is 2. The van der Waals surface area contributed by atoms with Crippen molar-refractivity contribution in [2.45, 2.75) is 69.2 Å². The molecule has 0 aromatic carbocycles. The summed E-state index contributed by atoms with van der Waals surface area (Å²) < 4.78 is 4.87. The summed E-state index contributed by atoms with van der Waals surface area (Å²) in [5, 5.41) is 21.3. The van der Waals surface area contributed by atoms with Gasteiger partial charge in [0.2, 0.25) is 17.5 Å². The van der Waals surface area contributed by atoms with E-state index < -0.39 is 40.0 Å². The van der Waals surface area contributed by atoms with E-state index in [-0.39, 0.29) is 61.6 Å². The number of hydrogen-bond donors (Lipinski definition) is 9. The highest BCUT2D eigenvalue weighted by molar-refractivity contribution is 8.40. The van der Waals surface area contributed by atoms with E-state index in [1.165, 1.54) is 47.0 Å². The average molecular weight is 813 g/mol. The third-order valence-corrected chi connectivity index (χ3v) is 10.1. The number of carboxylic acids is 1. The molecule has 2 rings (SSSR count). The zero-order valence-corrected chi connectivity index (χ0v) is 34.3. The van der Waals surface area contributed by atoms with E-state index in [1.54, 1.807) is 14.1 Å². The van der Waals surface area contributed by atoms with Gasteiger partial charge in [0.05, 0.1) is 12.8 Å². The molecule has 0 spiro atoms. The van der Waals surface area contributed by atoms with Gasteiger partial charge in [0.25, 0.3) is 0 Å². The number of likely N-dealkylation sites (N-methyl/N-ethyl adjacent to an activating group) is 3. The second-order valence-electron chi connectivity index (χ2n) is 10.7. The van der Waals surface area contributed by atoms with Crippen molar-refractivity contribution in [2.75, 3.05) is 47.9 Å². The van der Waals surface area contributed by atoms with Crippen molar-refractivity contribution < 1.29 is 48.2 Å². The van der Waals surface area contributed by atoms with Crippen molar-refractivity contribution in [3.05, 3.63) is 25.3 Å². The molecule has 2 amide bonds. The summed E-state index contributed by atoms with van der Waals surface area (Å²) in [5.74, 6) is -3.21. The first-order chi connectivity index (χ1) is 24.1. The molecule has 2 fully saturated rings. The number of esters is 1. The summed E-state index contributed by atoms with van der Waals surface area (Å²) >= 11 is 8.82. The van der Waals surface area contributed by atoms with Crippen LogP contribution in [0.25, 0.3) is 0 Å². The van der Waals surface area contributed by atoms with Gasteiger partial charge >= 0.3 is 11.9 Å². The largest absolute Gasteiger partial charge is 0.479 e. The molecule has 0 aromatic rings. The third kappa shape index (κ3) is 18.6. The molecule has 0 saturated carbocycles. The Balaban J connectivity index is -0.000000284. The van der Waals surface area contributed by atoms with E-state index >= 15 is 0 Å². The van der Waals surface area contributed by atoms with E-state index in [1.807, 2.05) is 0 Å². The van der Waals surface area contributed by atoms with Crippen molar-refractivity contribution in [3.63, 3.8) is 0 Å². The van der Waals surface area contributed by atoms with Crippen LogP contribution in [-0.2, 0) is 66.7 Å². The number of ketones is 4. The summed E-state index contributed by atoms with van der Waals surface area (Å²) in [6.07, 6.45) is 3.55. The van der Waals surface area contributed by atoms with E-state index in [9.17, 15) is 38.4 Å². The molecule has 0 radical (unpaired) electrons.